The third-order valence-electron chi connectivity index (χ3n) is 3.02. The maximum absolute atomic E-state index is 12.0. The van der Waals surface area contributed by atoms with E-state index in [2.05, 4.69) is 5.32 Å². The third-order valence-corrected chi connectivity index (χ3v) is 3.02. The molecule has 5 heteroatoms. The molecule has 1 N–H and O–H groups in total. The molecular weight excluding hydrogens is 294 g/mol. The van der Waals surface area contributed by atoms with Gasteiger partial charge in [0.15, 0.2) is 5.78 Å². The standard InChI is InChI=1S/C18H25NO4/c1-12(2)9-17(21)19-11-16(20)14-5-7-15(8-6-14)23-18(22)10-13(3)4/h5-8,12-13H,9-11H2,1-4H3,(H,19,21). The largest absolute Gasteiger partial charge is 0.427 e. The first-order valence-electron chi connectivity index (χ1n) is 7.88. The van der Waals surface area contributed by atoms with Crippen LogP contribution in [0.25, 0.3) is 0 Å². The lowest BCUT2D eigenvalue weighted by Gasteiger charge is -2.08. The van der Waals surface area contributed by atoms with Crippen molar-refractivity contribution in [2.45, 2.75) is 40.5 Å². The molecule has 0 atom stereocenters. The molecule has 5 nitrogen and oxygen atoms in total. The molecule has 1 amide bonds. The van der Waals surface area contributed by atoms with Gasteiger partial charge in [0, 0.05) is 18.4 Å². The summed E-state index contributed by atoms with van der Waals surface area (Å²) in [5, 5.41) is 2.61. The van der Waals surface area contributed by atoms with E-state index in [1.807, 2.05) is 27.7 Å². The Labute approximate surface area is 137 Å². The van der Waals surface area contributed by atoms with Crippen molar-refractivity contribution in [2.24, 2.45) is 11.8 Å². The predicted octanol–water partition coefficient (Wildman–Crippen LogP) is 2.98. The van der Waals surface area contributed by atoms with Crippen LogP contribution in [0.2, 0.25) is 0 Å². The Bertz CT molecular complexity index is 547. The van der Waals surface area contributed by atoms with Gasteiger partial charge >= 0.3 is 5.97 Å². The molecule has 0 aliphatic carbocycles. The summed E-state index contributed by atoms with van der Waals surface area (Å²) < 4.78 is 5.18. The lowest BCUT2D eigenvalue weighted by Crippen LogP contribution is -2.30. The van der Waals surface area contributed by atoms with E-state index in [1.165, 1.54) is 0 Å². The van der Waals surface area contributed by atoms with E-state index in [0.717, 1.165) is 0 Å². The van der Waals surface area contributed by atoms with Crippen molar-refractivity contribution >= 4 is 17.7 Å². The van der Waals surface area contributed by atoms with Crippen molar-refractivity contribution in [1.82, 2.24) is 5.32 Å². The predicted molar refractivity (Wildman–Crippen MR) is 88.3 cm³/mol. The van der Waals surface area contributed by atoms with E-state index >= 15 is 0 Å². The number of ether oxygens (including phenoxy) is 1. The molecule has 126 valence electrons. The molecule has 0 spiro atoms. The summed E-state index contributed by atoms with van der Waals surface area (Å²) in [5.41, 5.74) is 0.471. The summed E-state index contributed by atoms with van der Waals surface area (Å²) in [6.45, 7) is 7.74. The van der Waals surface area contributed by atoms with Gasteiger partial charge in [-0.25, -0.2) is 0 Å². The number of carbonyl (C=O) groups is 3. The number of Topliss-reactive ketones (excluding diaryl/α,β-unsaturated/α-hetero) is 1. The minimum absolute atomic E-state index is 0.0297. The van der Waals surface area contributed by atoms with Gasteiger partial charge in [-0.1, -0.05) is 27.7 Å². The molecule has 0 bridgehead atoms. The van der Waals surface area contributed by atoms with Crippen LogP contribution < -0.4 is 10.1 Å². The fourth-order valence-electron chi connectivity index (χ4n) is 1.94. The molecule has 1 rings (SSSR count). The van der Waals surface area contributed by atoms with E-state index in [-0.39, 0.29) is 36.0 Å². The molecule has 23 heavy (non-hydrogen) atoms. The molecule has 0 heterocycles. The lowest BCUT2D eigenvalue weighted by molar-refractivity contribution is -0.135. The normalized spacial score (nSPS) is 10.7. The Kier molecular flexibility index (Phi) is 7.45. The van der Waals surface area contributed by atoms with Gasteiger partial charge in [0.05, 0.1) is 6.54 Å². The molecule has 1 aromatic rings. The van der Waals surface area contributed by atoms with Crippen LogP contribution in [0.1, 0.15) is 50.9 Å². The van der Waals surface area contributed by atoms with Crippen molar-refractivity contribution in [3.63, 3.8) is 0 Å². The number of hydrogen-bond acceptors (Lipinski definition) is 4. The number of hydrogen-bond donors (Lipinski definition) is 1. The highest BCUT2D eigenvalue weighted by Gasteiger charge is 2.11. The summed E-state index contributed by atoms with van der Waals surface area (Å²) >= 11 is 0. The molecule has 0 unspecified atom stereocenters. The molecule has 0 aliphatic heterocycles. The molecule has 0 aromatic heterocycles. The second-order valence-electron chi connectivity index (χ2n) is 6.39. The number of rotatable bonds is 8. The van der Waals surface area contributed by atoms with Gasteiger partial charge < -0.3 is 10.1 Å². The van der Waals surface area contributed by atoms with Crippen LogP contribution in [0.3, 0.4) is 0 Å². The summed E-state index contributed by atoms with van der Waals surface area (Å²) in [6, 6.07) is 6.35. The quantitative estimate of drug-likeness (QED) is 0.454. The first kappa shape index (κ1) is 18.9. The molecule has 0 saturated heterocycles. The monoisotopic (exact) mass is 319 g/mol. The van der Waals surface area contributed by atoms with Crippen molar-refractivity contribution in [3.8, 4) is 5.75 Å². The molecule has 0 aliphatic rings. The Balaban J connectivity index is 2.51. The number of esters is 1. The van der Waals surface area contributed by atoms with Crippen molar-refractivity contribution in [2.75, 3.05) is 6.54 Å². The zero-order valence-corrected chi connectivity index (χ0v) is 14.2. The molecule has 0 radical (unpaired) electrons. The summed E-state index contributed by atoms with van der Waals surface area (Å²) in [4.78, 5) is 35.1. The van der Waals surface area contributed by atoms with Gasteiger partial charge in [-0.05, 0) is 36.1 Å². The Hall–Kier alpha value is -2.17. The third kappa shape index (κ3) is 7.58. The Morgan fingerprint density at radius 2 is 1.52 bits per heavy atom. The van der Waals surface area contributed by atoms with E-state index in [1.54, 1.807) is 24.3 Å². The highest BCUT2D eigenvalue weighted by Crippen LogP contribution is 2.14. The number of carbonyl (C=O) groups excluding carboxylic acids is 3. The molecule has 0 fully saturated rings. The fraction of sp³-hybridized carbons (Fsp3) is 0.500. The summed E-state index contributed by atoms with van der Waals surface area (Å²) in [6.07, 6.45) is 0.751. The first-order chi connectivity index (χ1) is 10.8. The van der Waals surface area contributed by atoms with Gasteiger partial charge in [-0.3, -0.25) is 14.4 Å². The van der Waals surface area contributed by atoms with Crippen molar-refractivity contribution < 1.29 is 19.1 Å². The number of ketones is 1. The van der Waals surface area contributed by atoms with E-state index in [0.29, 0.717) is 24.2 Å². The Morgan fingerprint density at radius 3 is 2.04 bits per heavy atom. The van der Waals surface area contributed by atoms with Crippen molar-refractivity contribution in [1.29, 1.82) is 0 Å². The van der Waals surface area contributed by atoms with Crippen molar-refractivity contribution in [3.05, 3.63) is 29.8 Å². The first-order valence-corrected chi connectivity index (χ1v) is 7.88. The Morgan fingerprint density at radius 1 is 0.957 bits per heavy atom. The van der Waals surface area contributed by atoms with Gasteiger partial charge in [-0.15, -0.1) is 0 Å². The minimum atomic E-state index is -0.292. The van der Waals surface area contributed by atoms with Gasteiger partial charge in [0.1, 0.15) is 5.75 Å². The molecular formula is C18H25NO4. The average molecular weight is 319 g/mol. The topological polar surface area (TPSA) is 72.5 Å². The van der Waals surface area contributed by atoms with E-state index in [9.17, 15) is 14.4 Å². The maximum atomic E-state index is 12.0. The van der Waals surface area contributed by atoms with Gasteiger partial charge in [-0.2, -0.15) is 0 Å². The molecule has 1 aromatic carbocycles. The highest BCUT2D eigenvalue weighted by atomic mass is 16.5. The molecule has 0 saturated carbocycles. The second-order valence-corrected chi connectivity index (χ2v) is 6.39. The van der Waals surface area contributed by atoms with Crippen LogP contribution in [-0.4, -0.2) is 24.2 Å². The number of benzene rings is 1. The zero-order valence-electron chi connectivity index (χ0n) is 14.2. The zero-order chi connectivity index (χ0) is 17.4. The van der Waals surface area contributed by atoms with Crippen LogP contribution in [0.5, 0.6) is 5.75 Å². The van der Waals surface area contributed by atoms with Crippen LogP contribution >= 0.6 is 0 Å². The van der Waals surface area contributed by atoms with Crippen LogP contribution in [0.15, 0.2) is 24.3 Å². The number of amides is 1. The minimum Gasteiger partial charge on any atom is -0.427 e. The lowest BCUT2D eigenvalue weighted by atomic mass is 10.1. The summed E-state index contributed by atoms with van der Waals surface area (Å²) in [7, 11) is 0. The smallest absolute Gasteiger partial charge is 0.311 e. The van der Waals surface area contributed by atoms with E-state index < -0.39 is 0 Å². The maximum Gasteiger partial charge on any atom is 0.311 e. The number of nitrogens with one attached hydrogen (secondary N) is 1. The van der Waals surface area contributed by atoms with Crippen LogP contribution in [-0.2, 0) is 9.59 Å². The van der Waals surface area contributed by atoms with Crippen LogP contribution in [0, 0.1) is 11.8 Å². The summed E-state index contributed by atoms with van der Waals surface area (Å²) in [5.74, 6) is 0.300. The second kappa shape index (κ2) is 9.08. The average Bonchev–Trinajstić information content (AvgIpc) is 2.44. The fourth-order valence-corrected chi connectivity index (χ4v) is 1.94. The SMILES string of the molecule is CC(C)CC(=O)NCC(=O)c1ccc(OC(=O)CC(C)C)cc1. The van der Waals surface area contributed by atoms with Gasteiger partial charge in [0.25, 0.3) is 0 Å². The highest BCUT2D eigenvalue weighted by molar-refractivity contribution is 5.99. The van der Waals surface area contributed by atoms with E-state index in [4.69, 9.17) is 4.74 Å². The van der Waals surface area contributed by atoms with Gasteiger partial charge in [0.2, 0.25) is 5.91 Å². The van der Waals surface area contributed by atoms with Crippen LogP contribution in [0.4, 0.5) is 0 Å².